The van der Waals surface area contributed by atoms with Crippen molar-refractivity contribution < 1.29 is 14.3 Å². The summed E-state index contributed by atoms with van der Waals surface area (Å²) in [5, 5.41) is 3.80. The number of carbonyl (C=O) groups excluding carboxylic acids is 2. The van der Waals surface area contributed by atoms with Gasteiger partial charge in [0.05, 0.1) is 11.6 Å². The lowest BCUT2D eigenvalue weighted by Gasteiger charge is -2.07. The van der Waals surface area contributed by atoms with E-state index in [1.54, 1.807) is 6.92 Å². The molecule has 1 aliphatic heterocycles. The van der Waals surface area contributed by atoms with E-state index in [9.17, 15) is 9.59 Å². The number of urea groups is 1. The number of esters is 1. The number of benzene rings is 1. The number of nitrogens with two attached hydrogens (primary N) is 1. The molecule has 1 fully saturated rings. The van der Waals surface area contributed by atoms with Crippen LogP contribution in [0.15, 0.2) is 35.4 Å². The van der Waals surface area contributed by atoms with E-state index in [0.717, 1.165) is 5.56 Å². The molecule has 0 unspecified atom stereocenters. The summed E-state index contributed by atoms with van der Waals surface area (Å²) in [6, 6.07) is 9.04. The van der Waals surface area contributed by atoms with Crippen molar-refractivity contribution in [1.82, 2.24) is 5.43 Å². The first-order chi connectivity index (χ1) is 9.56. The summed E-state index contributed by atoms with van der Waals surface area (Å²) in [5.74, 6) is -0.409. The van der Waals surface area contributed by atoms with Gasteiger partial charge in [0.2, 0.25) is 0 Å². The van der Waals surface area contributed by atoms with Gasteiger partial charge in [0.25, 0.3) is 0 Å². The molecule has 0 aromatic heterocycles. The Kier molecular flexibility index (Phi) is 4.34. The van der Waals surface area contributed by atoms with Gasteiger partial charge in [-0.15, -0.1) is 0 Å². The van der Waals surface area contributed by atoms with E-state index in [2.05, 4.69) is 10.5 Å². The van der Waals surface area contributed by atoms with E-state index >= 15 is 0 Å². The summed E-state index contributed by atoms with van der Waals surface area (Å²) in [6.07, 6.45) is 0.805. The molecule has 3 N–H and O–H groups in total. The lowest BCUT2D eigenvalue weighted by molar-refractivity contribution is -0.142. The van der Waals surface area contributed by atoms with Crippen molar-refractivity contribution in [3.63, 3.8) is 0 Å². The smallest absolute Gasteiger partial charge is 0.332 e. The molecule has 2 rings (SSSR count). The molecule has 106 valence electrons. The van der Waals surface area contributed by atoms with Crippen LogP contribution in [0.5, 0.6) is 0 Å². The van der Waals surface area contributed by atoms with E-state index in [-0.39, 0.29) is 11.9 Å². The third-order valence-corrected chi connectivity index (χ3v) is 3.22. The van der Waals surface area contributed by atoms with E-state index in [1.165, 1.54) is 0 Å². The molecule has 1 heterocycles. The van der Waals surface area contributed by atoms with Crippen LogP contribution in [0.4, 0.5) is 4.79 Å². The second kappa shape index (κ2) is 6.18. The lowest BCUT2D eigenvalue weighted by atomic mass is 9.95. The van der Waals surface area contributed by atoms with Crippen LogP contribution in [0.1, 0.15) is 18.9 Å². The van der Waals surface area contributed by atoms with Crippen molar-refractivity contribution in [3.05, 3.63) is 35.9 Å². The van der Waals surface area contributed by atoms with Gasteiger partial charge in [-0.2, -0.15) is 5.10 Å². The number of nitrogens with zero attached hydrogens (tertiary/aromatic N) is 1. The molecule has 0 bridgehead atoms. The largest absolute Gasteiger partial charge is 0.456 e. The van der Waals surface area contributed by atoms with E-state index < -0.39 is 12.1 Å². The van der Waals surface area contributed by atoms with Crippen molar-refractivity contribution in [2.24, 2.45) is 16.8 Å². The summed E-state index contributed by atoms with van der Waals surface area (Å²) in [7, 11) is 0. The number of primary amides is 1. The summed E-state index contributed by atoms with van der Waals surface area (Å²) < 4.78 is 5.28. The first-order valence-electron chi connectivity index (χ1n) is 6.40. The van der Waals surface area contributed by atoms with Gasteiger partial charge in [-0.05, 0) is 18.9 Å². The maximum absolute atomic E-state index is 11.8. The summed E-state index contributed by atoms with van der Waals surface area (Å²) in [4.78, 5) is 22.4. The highest BCUT2D eigenvalue weighted by atomic mass is 16.6. The normalized spacial score (nSPS) is 22.4. The molecular formula is C14H17N3O3. The Balaban J connectivity index is 1.97. The van der Waals surface area contributed by atoms with Gasteiger partial charge in [-0.3, -0.25) is 4.79 Å². The lowest BCUT2D eigenvalue weighted by Crippen LogP contribution is -2.28. The molecule has 2 atom stereocenters. The topological polar surface area (TPSA) is 93.8 Å². The van der Waals surface area contributed by atoms with Crippen LogP contribution in [-0.4, -0.2) is 23.8 Å². The Morgan fingerprint density at radius 2 is 2.15 bits per heavy atom. The van der Waals surface area contributed by atoms with Gasteiger partial charge in [0, 0.05) is 6.42 Å². The number of ether oxygens (including phenoxy) is 1. The molecule has 1 aromatic carbocycles. The average molecular weight is 275 g/mol. The number of cyclic esters (lactones) is 1. The van der Waals surface area contributed by atoms with Gasteiger partial charge in [-0.25, -0.2) is 10.2 Å². The van der Waals surface area contributed by atoms with Crippen LogP contribution >= 0.6 is 0 Å². The van der Waals surface area contributed by atoms with Crippen LogP contribution in [0.3, 0.4) is 0 Å². The molecule has 6 heteroatoms. The van der Waals surface area contributed by atoms with Crippen molar-refractivity contribution in [2.45, 2.75) is 25.9 Å². The second-order valence-electron chi connectivity index (χ2n) is 4.78. The monoisotopic (exact) mass is 275 g/mol. The maximum atomic E-state index is 11.8. The fourth-order valence-corrected chi connectivity index (χ4v) is 2.18. The molecule has 0 spiro atoms. The molecule has 1 aliphatic rings. The minimum absolute atomic E-state index is 0.180. The zero-order valence-corrected chi connectivity index (χ0v) is 11.2. The zero-order chi connectivity index (χ0) is 14.5. The Morgan fingerprint density at radius 3 is 2.80 bits per heavy atom. The average Bonchev–Trinajstić information content (AvgIpc) is 2.79. The molecule has 0 radical (unpaired) electrons. The molecule has 0 saturated carbocycles. The Labute approximate surface area is 117 Å². The van der Waals surface area contributed by atoms with Crippen LogP contribution in [0.2, 0.25) is 0 Å². The Morgan fingerprint density at radius 1 is 1.45 bits per heavy atom. The molecule has 0 aliphatic carbocycles. The summed E-state index contributed by atoms with van der Waals surface area (Å²) in [6.45, 7) is 1.69. The van der Waals surface area contributed by atoms with Gasteiger partial charge < -0.3 is 10.5 Å². The third kappa shape index (κ3) is 3.57. The molecular weight excluding hydrogens is 258 g/mol. The number of amides is 2. The van der Waals surface area contributed by atoms with Gasteiger partial charge in [0.1, 0.15) is 6.10 Å². The van der Waals surface area contributed by atoms with Crippen LogP contribution in [-0.2, 0) is 16.0 Å². The predicted octanol–water partition coefficient (Wildman–Crippen LogP) is 1.20. The number of carbonyl (C=O) groups is 2. The van der Waals surface area contributed by atoms with Crippen molar-refractivity contribution in [3.8, 4) is 0 Å². The fraction of sp³-hybridized carbons (Fsp3) is 0.357. The van der Waals surface area contributed by atoms with Gasteiger partial charge in [0.15, 0.2) is 0 Å². The number of hydrogen-bond donors (Lipinski definition) is 2. The van der Waals surface area contributed by atoms with E-state index in [0.29, 0.717) is 18.6 Å². The van der Waals surface area contributed by atoms with Crippen LogP contribution in [0, 0.1) is 5.92 Å². The maximum Gasteiger partial charge on any atom is 0.332 e. The quantitative estimate of drug-likeness (QED) is 0.491. The minimum atomic E-state index is -0.741. The summed E-state index contributed by atoms with van der Waals surface area (Å²) >= 11 is 0. The number of hydrogen-bond acceptors (Lipinski definition) is 4. The van der Waals surface area contributed by atoms with E-state index in [1.807, 2.05) is 30.3 Å². The fourth-order valence-electron chi connectivity index (χ4n) is 2.18. The SMILES string of the molecule is C/C(=N/NC(N)=O)[C@@H]1C[C@@H](Cc2ccccc2)C(=O)O1. The van der Waals surface area contributed by atoms with Gasteiger partial charge in [-0.1, -0.05) is 30.3 Å². The van der Waals surface area contributed by atoms with Crippen LogP contribution < -0.4 is 11.2 Å². The molecule has 1 saturated heterocycles. The van der Waals surface area contributed by atoms with Crippen molar-refractivity contribution in [2.75, 3.05) is 0 Å². The highest BCUT2D eigenvalue weighted by molar-refractivity contribution is 5.92. The van der Waals surface area contributed by atoms with E-state index in [4.69, 9.17) is 10.5 Å². The molecule has 1 aromatic rings. The molecule has 2 amide bonds. The van der Waals surface area contributed by atoms with Crippen molar-refractivity contribution >= 4 is 17.7 Å². The number of rotatable bonds is 4. The first kappa shape index (κ1) is 14.0. The molecule has 6 nitrogen and oxygen atoms in total. The molecule has 20 heavy (non-hydrogen) atoms. The number of nitrogens with one attached hydrogen (secondary N) is 1. The third-order valence-electron chi connectivity index (χ3n) is 3.22. The second-order valence-corrected chi connectivity index (χ2v) is 4.78. The van der Waals surface area contributed by atoms with Gasteiger partial charge >= 0.3 is 12.0 Å². The highest BCUT2D eigenvalue weighted by Crippen LogP contribution is 2.25. The van der Waals surface area contributed by atoms with Crippen LogP contribution in [0.25, 0.3) is 0 Å². The Hall–Kier alpha value is -2.37. The number of hydrazone groups is 1. The zero-order valence-electron chi connectivity index (χ0n) is 11.2. The predicted molar refractivity (Wildman–Crippen MR) is 74.0 cm³/mol. The minimum Gasteiger partial charge on any atom is -0.456 e. The highest BCUT2D eigenvalue weighted by Gasteiger charge is 2.35. The standard InChI is InChI=1S/C14H17N3O3/c1-9(16-17-14(15)19)12-8-11(13(18)20-12)7-10-5-3-2-4-6-10/h2-6,11-12H,7-8H2,1H3,(H3,15,17,19)/b16-9-/t11-,12+/m1/s1. The van der Waals surface area contributed by atoms with Crippen molar-refractivity contribution in [1.29, 1.82) is 0 Å². The summed E-state index contributed by atoms with van der Waals surface area (Å²) in [5.41, 5.74) is 8.70. The first-order valence-corrected chi connectivity index (χ1v) is 6.40. The Bertz CT molecular complexity index is 528.